The minimum Gasteiger partial charge on any atom is -0.329 e. The van der Waals surface area contributed by atoms with Gasteiger partial charge in [-0.3, -0.25) is 14.9 Å². The van der Waals surface area contributed by atoms with Crippen molar-refractivity contribution in [2.75, 3.05) is 13.6 Å². The average Bonchev–Trinajstić information content (AvgIpc) is 3.14. The molecule has 2 rings (SSSR count). The first kappa shape index (κ1) is 11.5. The Morgan fingerprint density at radius 3 is 2.75 bits per heavy atom. The van der Waals surface area contributed by atoms with Crippen LogP contribution in [0.15, 0.2) is 18.6 Å². The standard InChI is InChI=1S/C12H20N4/c1-9(11-8-14-5-6-15-11)16(2)12(7-13)10-3-4-10/h5-6,8-10,12H,3-4,7,13H2,1-2H3. The fourth-order valence-electron chi connectivity index (χ4n) is 2.19. The van der Waals surface area contributed by atoms with Gasteiger partial charge < -0.3 is 5.73 Å². The van der Waals surface area contributed by atoms with E-state index in [-0.39, 0.29) is 6.04 Å². The highest BCUT2D eigenvalue weighted by atomic mass is 15.2. The fraction of sp³-hybridized carbons (Fsp3) is 0.667. The molecule has 88 valence electrons. The molecule has 1 aromatic rings. The zero-order valence-electron chi connectivity index (χ0n) is 10.0. The lowest BCUT2D eigenvalue weighted by Crippen LogP contribution is -2.41. The summed E-state index contributed by atoms with van der Waals surface area (Å²) in [7, 11) is 2.13. The summed E-state index contributed by atoms with van der Waals surface area (Å²) in [6, 6.07) is 0.764. The summed E-state index contributed by atoms with van der Waals surface area (Å²) in [5, 5.41) is 0. The van der Waals surface area contributed by atoms with Crippen LogP contribution in [0, 0.1) is 5.92 Å². The Morgan fingerprint density at radius 1 is 1.50 bits per heavy atom. The molecule has 1 aromatic heterocycles. The van der Waals surface area contributed by atoms with E-state index < -0.39 is 0 Å². The number of hydrogen-bond acceptors (Lipinski definition) is 4. The van der Waals surface area contributed by atoms with Gasteiger partial charge in [-0.05, 0) is 32.7 Å². The summed E-state index contributed by atoms with van der Waals surface area (Å²) in [6.07, 6.45) is 7.92. The van der Waals surface area contributed by atoms with E-state index in [2.05, 4.69) is 28.8 Å². The van der Waals surface area contributed by atoms with Crippen LogP contribution in [0.1, 0.15) is 31.5 Å². The minimum absolute atomic E-state index is 0.280. The maximum atomic E-state index is 5.85. The number of hydrogen-bond donors (Lipinski definition) is 1. The summed E-state index contributed by atoms with van der Waals surface area (Å²) in [6.45, 7) is 2.89. The molecule has 1 aliphatic carbocycles. The number of aromatic nitrogens is 2. The third kappa shape index (κ3) is 2.39. The highest BCUT2D eigenvalue weighted by molar-refractivity contribution is 5.03. The van der Waals surface area contributed by atoms with E-state index in [0.29, 0.717) is 6.04 Å². The molecule has 2 unspecified atom stereocenters. The second-order valence-corrected chi connectivity index (χ2v) is 4.61. The maximum Gasteiger partial charge on any atom is 0.0755 e. The maximum absolute atomic E-state index is 5.85. The first-order valence-corrected chi connectivity index (χ1v) is 5.92. The molecule has 0 aromatic carbocycles. The van der Waals surface area contributed by atoms with Gasteiger partial charge in [0.25, 0.3) is 0 Å². The summed E-state index contributed by atoms with van der Waals surface area (Å²) in [4.78, 5) is 10.8. The van der Waals surface area contributed by atoms with E-state index in [4.69, 9.17) is 5.73 Å². The number of rotatable bonds is 5. The Morgan fingerprint density at radius 2 is 2.25 bits per heavy atom. The normalized spacial score (nSPS) is 19.8. The average molecular weight is 220 g/mol. The second kappa shape index (κ2) is 4.89. The Kier molecular flexibility index (Phi) is 3.51. The Hall–Kier alpha value is -1.00. The molecule has 1 fully saturated rings. The second-order valence-electron chi connectivity index (χ2n) is 4.61. The van der Waals surface area contributed by atoms with Gasteiger partial charge in [0.2, 0.25) is 0 Å². The van der Waals surface area contributed by atoms with E-state index >= 15 is 0 Å². The van der Waals surface area contributed by atoms with Crippen molar-refractivity contribution in [2.45, 2.75) is 31.8 Å². The van der Waals surface area contributed by atoms with E-state index in [1.807, 2.05) is 6.20 Å². The van der Waals surface area contributed by atoms with Gasteiger partial charge in [-0.1, -0.05) is 0 Å². The van der Waals surface area contributed by atoms with E-state index in [9.17, 15) is 0 Å². The van der Waals surface area contributed by atoms with Gasteiger partial charge in [0, 0.05) is 31.2 Å². The SMILES string of the molecule is CC(c1cnccn1)N(C)C(CN)C1CC1. The third-order valence-corrected chi connectivity index (χ3v) is 3.55. The van der Waals surface area contributed by atoms with Crippen LogP contribution >= 0.6 is 0 Å². The molecule has 0 saturated heterocycles. The highest BCUT2D eigenvalue weighted by Crippen LogP contribution is 2.36. The first-order chi connectivity index (χ1) is 7.74. The van der Waals surface area contributed by atoms with Crippen molar-refractivity contribution >= 4 is 0 Å². The molecule has 1 heterocycles. The quantitative estimate of drug-likeness (QED) is 0.810. The fourth-order valence-corrected chi connectivity index (χ4v) is 2.19. The van der Waals surface area contributed by atoms with E-state index in [0.717, 1.165) is 18.2 Å². The lowest BCUT2D eigenvalue weighted by molar-refractivity contribution is 0.167. The molecule has 0 radical (unpaired) electrons. The molecule has 4 heteroatoms. The zero-order chi connectivity index (χ0) is 11.5. The molecule has 2 atom stereocenters. The predicted octanol–water partition coefficient (Wildman–Crippen LogP) is 1.21. The van der Waals surface area contributed by atoms with Gasteiger partial charge in [-0.15, -0.1) is 0 Å². The van der Waals surface area contributed by atoms with Crippen molar-refractivity contribution < 1.29 is 0 Å². The van der Waals surface area contributed by atoms with Gasteiger partial charge >= 0.3 is 0 Å². The van der Waals surface area contributed by atoms with Gasteiger partial charge in [0.15, 0.2) is 0 Å². The molecule has 16 heavy (non-hydrogen) atoms. The van der Waals surface area contributed by atoms with Gasteiger partial charge in [-0.25, -0.2) is 0 Å². The van der Waals surface area contributed by atoms with Crippen LogP contribution in [0.3, 0.4) is 0 Å². The molecular formula is C12H20N4. The largest absolute Gasteiger partial charge is 0.329 e. The smallest absolute Gasteiger partial charge is 0.0755 e. The van der Waals surface area contributed by atoms with Crippen molar-refractivity contribution in [2.24, 2.45) is 11.7 Å². The number of likely N-dealkylation sites (N-methyl/N-ethyl adjacent to an activating group) is 1. The summed E-state index contributed by atoms with van der Waals surface area (Å²) in [5.41, 5.74) is 6.87. The van der Waals surface area contributed by atoms with E-state index in [1.165, 1.54) is 12.8 Å². The summed E-state index contributed by atoms with van der Waals surface area (Å²) < 4.78 is 0. The monoisotopic (exact) mass is 220 g/mol. The molecule has 4 nitrogen and oxygen atoms in total. The molecular weight excluding hydrogens is 200 g/mol. The van der Waals surface area contributed by atoms with Crippen molar-refractivity contribution in [3.8, 4) is 0 Å². The van der Waals surface area contributed by atoms with Gasteiger partial charge in [0.1, 0.15) is 0 Å². The summed E-state index contributed by atoms with van der Waals surface area (Å²) >= 11 is 0. The minimum atomic E-state index is 0.280. The highest BCUT2D eigenvalue weighted by Gasteiger charge is 2.34. The Labute approximate surface area is 96.9 Å². The molecule has 2 N–H and O–H groups in total. The molecule has 0 spiro atoms. The van der Waals surface area contributed by atoms with Crippen molar-refractivity contribution in [1.29, 1.82) is 0 Å². The van der Waals surface area contributed by atoms with Crippen molar-refractivity contribution in [3.05, 3.63) is 24.3 Å². The Balaban J connectivity index is 2.05. The van der Waals surface area contributed by atoms with Crippen LogP contribution in [0.25, 0.3) is 0 Å². The molecule has 0 aliphatic heterocycles. The van der Waals surface area contributed by atoms with Crippen LogP contribution in [-0.4, -0.2) is 34.5 Å². The topological polar surface area (TPSA) is 55.0 Å². The summed E-state index contributed by atoms with van der Waals surface area (Å²) in [5.74, 6) is 0.786. The zero-order valence-corrected chi connectivity index (χ0v) is 10.0. The van der Waals surface area contributed by atoms with E-state index in [1.54, 1.807) is 12.4 Å². The predicted molar refractivity (Wildman–Crippen MR) is 63.8 cm³/mol. The number of nitrogens with two attached hydrogens (primary N) is 1. The van der Waals surface area contributed by atoms with Crippen molar-refractivity contribution in [3.63, 3.8) is 0 Å². The van der Waals surface area contributed by atoms with Crippen molar-refractivity contribution in [1.82, 2.24) is 14.9 Å². The lowest BCUT2D eigenvalue weighted by Gasteiger charge is -2.32. The van der Waals surface area contributed by atoms with Gasteiger partial charge in [-0.2, -0.15) is 0 Å². The third-order valence-electron chi connectivity index (χ3n) is 3.55. The molecule has 1 aliphatic rings. The van der Waals surface area contributed by atoms with Crippen LogP contribution in [0.2, 0.25) is 0 Å². The van der Waals surface area contributed by atoms with Gasteiger partial charge in [0.05, 0.1) is 11.7 Å². The molecule has 0 bridgehead atoms. The van der Waals surface area contributed by atoms with Crippen LogP contribution in [-0.2, 0) is 0 Å². The Bertz CT molecular complexity index is 323. The first-order valence-electron chi connectivity index (χ1n) is 5.92. The van der Waals surface area contributed by atoms with Crippen LogP contribution in [0.5, 0.6) is 0 Å². The molecule has 1 saturated carbocycles. The molecule has 0 amide bonds. The van der Waals surface area contributed by atoms with Crippen LogP contribution < -0.4 is 5.73 Å². The number of nitrogens with zero attached hydrogens (tertiary/aromatic N) is 3. The lowest BCUT2D eigenvalue weighted by atomic mass is 10.1. The van der Waals surface area contributed by atoms with Crippen LogP contribution in [0.4, 0.5) is 0 Å².